The third-order valence-corrected chi connectivity index (χ3v) is 7.26. The number of carbonyl (C=O) groups excluding carboxylic acids is 1. The Morgan fingerprint density at radius 1 is 1.07 bits per heavy atom. The molecule has 0 radical (unpaired) electrons. The molecule has 2 heterocycles. The minimum Gasteiger partial charge on any atom is -0.496 e. The van der Waals surface area contributed by atoms with Crippen molar-refractivity contribution < 1.29 is 22.7 Å². The lowest BCUT2D eigenvalue weighted by atomic mass is 10.0. The minimum absolute atomic E-state index is 0.0915. The highest BCUT2D eigenvalue weighted by Crippen LogP contribution is 2.31. The van der Waals surface area contributed by atoms with Crippen LogP contribution < -0.4 is 9.64 Å². The molecule has 0 saturated carbocycles. The smallest absolute Gasteiger partial charge is 0.262 e. The van der Waals surface area contributed by atoms with Gasteiger partial charge in [0.15, 0.2) is 0 Å². The van der Waals surface area contributed by atoms with Crippen LogP contribution in [0.3, 0.4) is 0 Å². The largest absolute Gasteiger partial charge is 0.496 e. The van der Waals surface area contributed by atoms with Gasteiger partial charge in [-0.2, -0.15) is 4.31 Å². The number of ether oxygens (including phenoxy) is 2. The van der Waals surface area contributed by atoms with Gasteiger partial charge in [-0.3, -0.25) is 4.79 Å². The van der Waals surface area contributed by atoms with Gasteiger partial charge in [-0.15, -0.1) is 0 Å². The Kier molecular flexibility index (Phi) is 5.58. The maximum Gasteiger partial charge on any atom is 0.262 e. The number of hydrogen-bond acceptors (Lipinski definition) is 5. The number of carbonyl (C=O) groups is 1. The molecule has 0 N–H and O–H groups in total. The Hall–Kier alpha value is -2.42. The number of methoxy groups -OCH3 is 1. The van der Waals surface area contributed by atoms with Crippen LogP contribution in [0, 0.1) is 0 Å². The number of benzene rings is 2. The Morgan fingerprint density at radius 2 is 1.83 bits per heavy atom. The van der Waals surface area contributed by atoms with Crippen molar-refractivity contribution in [2.45, 2.75) is 17.7 Å². The second kappa shape index (κ2) is 8.14. The Labute approximate surface area is 170 Å². The monoisotopic (exact) mass is 416 g/mol. The predicted molar refractivity (Wildman–Crippen MR) is 109 cm³/mol. The van der Waals surface area contributed by atoms with Crippen molar-refractivity contribution in [1.82, 2.24) is 4.31 Å². The molecular formula is C21H24N2O5S. The molecule has 154 valence electrons. The molecule has 0 atom stereocenters. The van der Waals surface area contributed by atoms with Gasteiger partial charge < -0.3 is 14.4 Å². The molecule has 2 aromatic rings. The summed E-state index contributed by atoms with van der Waals surface area (Å²) >= 11 is 0. The number of amides is 1. The number of anilines is 1. The molecule has 2 aliphatic rings. The molecule has 29 heavy (non-hydrogen) atoms. The van der Waals surface area contributed by atoms with Crippen molar-refractivity contribution in [3.63, 3.8) is 0 Å². The lowest BCUT2D eigenvalue weighted by Crippen LogP contribution is -2.40. The van der Waals surface area contributed by atoms with Crippen molar-refractivity contribution in [3.05, 3.63) is 53.6 Å². The van der Waals surface area contributed by atoms with Gasteiger partial charge >= 0.3 is 0 Å². The Bertz CT molecular complexity index is 1020. The van der Waals surface area contributed by atoms with Crippen LogP contribution in [0.1, 0.15) is 22.3 Å². The zero-order chi connectivity index (χ0) is 20.4. The van der Waals surface area contributed by atoms with Gasteiger partial charge in [0, 0.05) is 25.3 Å². The summed E-state index contributed by atoms with van der Waals surface area (Å²) < 4.78 is 38.1. The van der Waals surface area contributed by atoms with E-state index in [-0.39, 0.29) is 16.4 Å². The molecule has 8 heteroatoms. The molecular weight excluding hydrogens is 392 g/mol. The van der Waals surface area contributed by atoms with Crippen LogP contribution in [0.5, 0.6) is 5.75 Å². The van der Waals surface area contributed by atoms with Crippen LogP contribution in [0.2, 0.25) is 0 Å². The molecule has 2 aliphatic heterocycles. The molecule has 0 unspecified atom stereocenters. The molecule has 1 fully saturated rings. The van der Waals surface area contributed by atoms with Crippen LogP contribution in [0.4, 0.5) is 5.69 Å². The lowest BCUT2D eigenvalue weighted by Gasteiger charge is -2.30. The highest BCUT2D eigenvalue weighted by atomic mass is 32.2. The zero-order valence-electron chi connectivity index (χ0n) is 16.3. The fourth-order valence-corrected chi connectivity index (χ4v) is 5.28. The third-order valence-electron chi connectivity index (χ3n) is 5.36. The van der Waals surface area contributed by atoms with Gasteiger partial charge in [-0.05, 0) is 42.7 Å². The third kappa shape index (κ3) is 3.75. The molecule has 1 amide bonds. The quantitative estimate of drug-likeness (QED) is 0.765. The highest BCUT2D eigenvalue weighted by Gasteiger charge is 2.30. The van der Waals surface area contributed by atoms with E-state index in [9.17, 15) is 13.2 Å². The van der Waals surface area contributed by atoms with Crippen molar-refractivity contribution in [1.29, 1.82) is 0 Å². The number of nitrogens with zero attached hydrogens (tertiary/aromatic N) is 2. The average molecular weight is 416 g/mol. The second-order valence-corrected chi connectivity index (χ2v) is 9.01. The summed E-state index contributed by atoms with van der Waals surface area (Å²) in [7, 11) is -2.23. The first-order chi connectivity index (χ1) is 14.0. The standard InChI is InChI=1S/C21H24N2O5S/c1-27-20-9-8-17(29(25,26)22-11-13-28-14-12-22)15-18(20)21(24)23-10-4-6-16-5-2-3-7-19(16)23/h2-3,5,7-9,15H,4,6,10-14H2,1H3. The first-order valence-corrected chi connectivity index (χ1v) is 11.1. The number of morpholine rings is 1. The summed E-state index contributed by atoms with van der Waals surface area (Å²) in [5, 5.41) is 0. The summed E-state index contributed by atoms with van der Waals surface area (Å²) in [6.45, 7) is 1.92. The van der Waals surface area contributed by atoms with E-state index in [0.29, 0.717) is 38.6 Å². The summed E-state index contributed by atoms with van der Waals surface area (Å²) in [5.74, 6) is 0.104. The lowest BCUT2D eigenvalue weighted by molar-refractivity contribution is 0.0730. The fraction of sp³-hybridized carbons (Fsp3) is 0.381. The molecule has 0 bridgehead atoms. The second-order valence-electron chi connectivity index (χ2n) is 7.07. The summed E-state index contributed by atoms with van der Waals surface area (Å²) in [5.41, 5.74) is 2.23. The van der Waals surface area contributed by atoms with Crippen LogP contribution in [-0.4, -0.2) is 58.6 Å². The SMILES string of the molecule is COc1ccc(S(=O)(=O)N2CCOCC2)cc1C(=O)N1CCCc2ccccc21. The number of hydrogen-bond donors (Lipinski definition) is 0. The maximum absolute atomic E-state index is 13.4. The summed E-state index contributed by atoms with van der Waals surface area (Å²) in [6.07, 6.45) is 1.78. The topological polar surface area (TPSA) is 76.1 Å². The van der Waals surface area contributed by atoms with Gasteiger partial charge in [-0.25, -0.2) is 8.42 Å². The van der Waals surface area contributed by atoms with E-state index < -0.39 is 10.0 Å². The molecule has 2 aromatic carbocycles. The summed E-state index contributed by atoms with van der Waals surface area (Å²) in [6, 6.07) is 12.3. The first kappa shape index (κ1) is 19.9. The van der Waals surface area contributed by atoms with Gasteiger partial charge in [0.2, 0.25) is 10.0 Å². The normalized spacial score (nSPS) is 17.6. The Morgan fingerprint density at radius 3 is 2.59 bits per heavy atom. The van der Waals surface area contributed by atoms with Crippen LogP contribution >= 0.6 is 0 Å². The van der Waals surface area contributed by atoms with Gasteiger partial charge in [0.05, 0.1) is 30.8 Å². The molecule has 7 nitrogen and oxygen atoms in total. The van der Waals surface area contributed by atoms with Crippen molar-refractivity contribution in [2.75, 3.05) is 44.9 Å². The molecule has 0 aliphatic carbocycles. The minimum atomic E-state index is -3.71. The Balaban J connectivity index is 1.72. The van der Waals surface area contributed by atoms with Gasteiger partial charge in [0.1, 0.15) is 5.75 Å². The first-order valence-electron chi connectivity index (χ1n) is 9.68. The van der Waals surface area contributed by atoms with Gasteiger partial charge in [0.25, 0.3) is 5.91 Å². The molecule has 4 rings (SSSR count). The highest BCUT2D eigenvalue weighted by molar-refractivity contribution is 7.89. The van der Waals surface area contributed by atoms with E-state index >= 15 is 0 Å². The van der Waals surface area contributed by atoms with E-state index in [0.717, 1.165) is 24.1 Å². The molecule has 0 aromatic heterocycles. The van der Waals surface area contributed by atoms with E-state index in [2.05, 4.69) is 0 Å². The maximum atomic E-state index is 13.4. The zero-order valence-corrected chi connectivity index (χ0v) is 17.2. The number of aryl methyl sites for hydroxylation is 1. The summed E-state index contributed by atoms with van der Waals surface area (Å²) in [4.78, 5) is 15.2. The number of para-hydroxylation sites is 1. The van der Waals surface area contributed by atoms with E-state index in [1.54, 1.807) is 11.0 Å². The molecule has 0 spiro atoms. The number of rotatable bonds is 4. The predicted octanol–water partition coefficient (Wildman–Crippen LogP) is 2.31. The van der Waals surface area contributed by atoms with Crippen LogP contribution in [0.15, 0.2) is 47.4 Å². The number of fused-ring (bicyclic) bond motifs is 1. The van der Waals surface area contributed by atoms with Crippen molar-refractivity contribution >= 4 is 21.6 Å². The van der Waals surface area contributed by atoms with E-state index in [4.69, 9.17) is 9.47 Å². The number of sulfonamides is 1. The van der Waals surface area contributed by atoms with Gasteiger partial charge in [-0.1, -0.05) is 18.2 Å². The van der Waals surface area contributed by atoms with Crippen molar-refractivity contribution in [3.8, 4) is 5.75 Å². The average Bonchev–Trinajstić information content (AvgIpc) is 2.78. The van der Waals surface area contributed by atoms with Crippen LogP contribution in [-0.2, 0) is 21.2 Å². The van der Waals surface area contributed by atoms with Crippen molar-refractivity contribution in [2.24, 2.45) is 0 Å². The fourth-order valence-electron chi connectivity index (χ4n) is 3.84. The van der Waals surface area contributed by atoms with E-state index in [1.807, 2.05) is 24.3 Å². The molecule has 1 saturated heterocycles. The van der Waals surface area contributed by atoms with E-state index in [1.165, 1.54) is 23.5 Å². The van der Waals surface area contributed by atoms with Crippen LogP contribution in [0.25, 0.3) is 0 Å².